The number of carbonyl (C=O) groups excluding carboxylic acids is 1. The summed E-state index contributed by atoms with van der Waals surface area (Å²) in [6.07, 6.45) is 5.73. The molecule has 24 heavy (non-hydrogen) atoms. The number of sulfonamides is 1. The summed E-state index contributed by atoms with van der Waals surface area (Å²) in [6, 6.07) is 6.81. The monoisotopic (exact) mass is 354 g/mol. The summed E-state index contributed by atoms with van der Waals surface area (Å²) in [4.78, 5) is 14.3. The Bertz CT molecular complexity index is 635. The minimum Gasteiger partial charge on any atom is -0.497 e. The fraction of sp³-hybridized carbons (Fsp3) is 0.588. The molecule has 0 unspecified atom stereocenters. The number of methoxy groups -OCH3 is 1. The Morgan fingerprint density at radius 2 is 1.71 bits per heavy atom. The smallest absolute Gasteiger partial charge is 0.232 e. The third-order valence-corrected chi connectivity index (χ3v) is 5.44. The molecular formula is C17H26N2O4S. The number of hydrogen-bond acceptors (Lipinski definition) is 4. The van der Waals surface area contributed by atoms with Crippen molar-refractivity contribution in [3.63, 3.8) is 0 Å². The number of nitrogens with zero attached hydrogens (tertiary/aromatic N) is 2. The summed E-state index contributed by atoms with van der Waals surface area (Å²) in [5.74, 6) is 0.687. The van der Waals surface area contributed by atoms with Gasteiger partial charge in [0.05, 0.1) is 19.1 Å². The topological polar surface area (TPSA) is 66.9 Å². The molecule has 1 saturated heterocycles. The van der Waals surface area contributed by atoms with Crippen molar-refractivity contribution in [3.05, 3.63) is 24.3 Å². The molecule has 0 aliphatic carbocycles. The van der Waals surface area contributed by atoms with E-state index in [4.69, 9.17) is 4.74 Å². The van der Waals surface area contributed by atoms with E-state index in [1.54, 1.807) is 31.4 Å². The maximum absolute atomic E-state index is 12.4. The normalized spacial score (nSPS) is 15.7. The number of hydrogen-bond donors (Lipinski definition) is 0. The van der Waals surface area contributed by atoms with Crippen molar-refractivity contribution < 1.29 is 17.9 Å². The van der Waals surface area contributed by atoms with Crippen LogP contribution in [0.4, 0.5) is 5.69 Å². The van der Waals surface area contributed by atoms with E-state index in [0.717, 1.165) is 45.0 Å². The molecule has 134 valence electrons. The van der Waals surface area contributed by atoms with Crippen molar-refractivity contribution in [3.8, 4) is 5.75 Å². The number of rotatable bonds is 6. The number of carbonyl (C=O) groups is 1. The molecule has 0 atom stereocenters. The van der Waals surface area contributed by atoms with Gasteiger partial charge in [0.1, 0.15) is 5.75 Å². The summed E-state index contributed by atoms with van der Waals surface area (Å²) in [7, 11) is -1.89. The van der Waals surface area contributed by atoms with Crippen molar-refractivity contribution in [2.75, 3.05) is 37.3 Å². The van der Waals surface area contributed by atoms with E-state index < -0.39 is 10.0 Å². The molecule has 7 heteroatoms. The zero-order valence-corrected chi connectivity index (χ0v) is 15.2. The lowest BCUT2D eigenvalue weighted by molar-refractivity contribution is -0.130. The van der Waals surface area contributed by atoms with Gasteiger partial charge in [0.2, 0.25) is 15.9 Å². The van der Waals surface area contributed by atoms with Crippen LogP contribution < -0.4 is 9.04 Å². The van der Waals surface area contributed by atoms with Gasteiger partial charge >= 0.3 is 0 Å². The molecule has 0 saturated carbocycles. The number of ether oxygens (including phenoxy) is 1. The average Bonchev–Trinajstić information content (AvgIpc) is 2.83. The van der Waals surface area contributed by atoms with Gasteiger partial charge in [-0.3, -0.25) is 9.10 Å². The van der Waals surface area contributed by atoms with E-state index in [9.17, 15) is 13.2 Å². The molecule has 1 aliphatic heterocycles. The SMILES string of the molecule is COc1ccc(N(CCC(=O)N2CCCCCC2)S(C)(=O)=O)cc1. The summed E-state index contributed by atoms with van der Waals surface area (Å²) >= 11 is 0. The van der Waals surface area contributed by atoms with Crippen LogP contribution in [0.2, 0.25) is 0 Å². The first-order valence-electron chi connectivity index (χ1n) is 8.31. The Balaban J connectivity index is 2.04. The molecule has 1 aromatic rings. The van der Waals surface area contributed by atoms with E-state index in [1.807, 2.05) is 4.90 Å². The predicted octanol–water partition coefficient (Wildman–Crippen LogP) is 2.25. The summed E-state index contributed by atoms with van der Waals surface area (Å²) < 4.78 is 30.6. The Kier molecular flexibility index (Phi) is 6.48. The molecule has 0 spiro atoms. The van der Waals surface area contributed by atoms with Crippen molar-refractivity contribution in [1.82, 2.24) is 4.90 Å². The minimum atomic E-state index is -3.45. The van der Waals surface area contributed by atoms with Crippen molar-refractivity contribution in [1.29, 1.82) is 0 Å². The van der Waals surface area contributed by atoms with Crippen LogP contribution in [0, 0.1) is 0 Å². The summed E-state index contributed by atoms with van der Waals surface area (Å²) in [5.41, 5.74) is 0.543. The molecule has 6 nitrogen and oxygen atoms in total. The first kappa shape index (κ1) is 18.6. The van der Waals surface area contributed by atoms with Crippen molar-refractivity contribution in [2.45, 2.75) is 32.1 Å². The van der Waals surface area contributed by atoms with Crippen LogP contribution >= 0.6 is 0 Å². The van der Waals surface area contributed by atoms with E-state index in [-0.39, 0.29) is 18.9 Å². The number of benzene rings is 1. The fourth-order valence-electron chi connectivity index (χ4n) is 2.91. The van der Waals surface area contributed by atoms with Crippen LogP contribution in [0.3, 0.4) is 0 Å². The van der Waals surface area contributed by atoms with E-state index in [0.29, 0.717) is 11.4 Å². The first-order chi connectivity index (χ1) is 11.4. The molecule has 2 rings (SSSR count). The molecule has 1 aromatic carbocycles. The van der Waals surface area contributed by atoms with Gasteiger partial charge in [0.15, 0.2) is 0 Å². The van der Waals surface area contributed by atoms with Crippen LogP contribution in [0.1, 0.15) is 32.1 Å². The largest absolute Gasteiger partial charge is 0.497 e. The molecule has 1 aliphatic rings. The molecular weight excluding hydrogens is 328 g/mol. The molecule has 1 fully saturated rings. The van der Waals surface area contributed by atoms with Gasteiger partial charge in [-0.2, -0.15) is 0 Å². The minimum absolute atomic E-state index is 0.0269. The van der Waals surface area contributed by atoms with Gasteiger partial charge in [0.25, 0.3) is 0 Å². The predicted molar refractivity (Wildman–Crippen MR) is 94.8 cm³/mol. The first-order valence-corrected chi connectivity index (χ1v) is 10.2. The maximum Gasteiger partial charge on any atom is 0.232 e. The maximum atomic E-state index is 12.4. The van der Waals surface area contributed by atoms with E-state index in [2.05, 4.69) is 0 Å². The Morgan fingerprint density at radius 1 is 1.12 bits per heavy atom. The van der Waals surface area contributed by atoms with Gasteiger partial charge < -0.3 is 9.64 Å². The highest BCUT2D eigenvalue weighted by atomic mass is 32.2. The van der Waals surface area contributed by atoms with Crippen LogP contribution in [0.15, 0.2) is 24.3 Å². The van der Waals surface area contributed by atoms with Gasteiger partial charge in [-0.1, -0.05) is 12.8 Å². The summed E-state index contributed by atoms with van der Waals surface area (Å²) in [5, 5.41) is 0. The van der Waals surface area contributed by atoms with Crippen molar-refractivity contribution >= 4 is 21.6 Å². The molecule has 1 amide bonds. The Hall–Kier alpha value is -1.76. The van der Waals surface area contributed by atoms with E-state index in [1.165, 1.54) is 4.31 Å². The molecule has 0 N–H and O–H groups in total. The second-order valence-corrected chi connectivity index (χ2v) is 7.98. The second-order valence-electron chi connectivity index (χ2n) is 6.08. The highest BCUT2D eigenvalue weighted by Gasteiger charge is 2.21. The lowest BCUT2D eigenvalue weighted by Gasteiger charge is -2.25. The van der Waals surface area contributed by atoms with Crippen LogP contribution in [0.5, 0.6) is 5.75 Å². The average molecular weight is 354 g/mol. The Morgan fingerprint density at radius 3 is 2.21 bits per heavy atom. The second kappa shape index (κ2) is 8.37. The third-order valence-electron chi connectivity index (χ3n) is 4.25. The third kappa shape index (κ3) is 5.12. The number of amides is 1. The standard InChI is InChI=1S/C17H26N2O4S/c1-23-16-9-7-15(8-10-16)19(24(2,21)22)14-11-17(20)18-12-5-3-4-6-13-18/h7-10H,3-6,11-14H2,1-2H3. The molecule has 0 aromatic heterocycles. The van der Waals surface area contributed by atoms with Crippen molar-refractivity contribution in [2.24, 2.45) is 0 Å². The van der Waals surface area contributed by atoms with Gasteiger partial charge in [-0.15, -0.1) is 0 Å². The van der Waals surface area contributed by atoms with Gasteiger partial charge in [-0.05, 0) is 37.1 Å². The lowest BCUT2D eigenvalue weighted by Crippen LogP contribution is -2.37. The lowest BCUT2D eigenvalue weighted by atomic mass is 10.2. The van der Waals surface area contributed by atoms with Gasteiger partial charge in [0, 0.05) is 26.1 Å². The van der Waals surface area contributed by atoms with E-state index >= 15 is 0 Å². The number of anilines is 1. The molecule has 0 bridgehead atoms. The molecule has 1 heterocycles. The highest BCUT2D eigenvalue weighted by molar-refractivity contribution is 7.92. The van der Waals surface area contributed by atoms with Crippen LogP contribution in [-0.2, 0) is 14.8 Å². The quantitative estimate of drug-likeness (QED) is 0.786. The van der Waals surface area contributed by atoms with Gasteiger partial charge in [-0.25, -0.2) is 8.42 Å². The zero-order valence-electron chi connectivity index (χ0n) is 14.4. The highest BCUT2D eigenvalue weighted by Crippen LogP contribution is 2.22. The Labute approximate surface area is 144 Å². The zero-order chi connectivity index (χ0) is 17.6. The fourth-order valence-corrected chi connectivity index (χ4v) is 3.84. The number of likely N-dealkylation sites (tertiary alicyclic amines) is 1. The van der Waals surface area contributed by atoms with Crippen LogP contribution in [-0.4, -0.2) is 52.2 Å². The summed E-state index contributed by atoms with van der Waals surface area (Å²) in [6.45, 7) is 1.71. The molecule has 0 radical (unpaired) electrons. The van der Waals surface area contributed by atoms with Crippen LogP contribution in [0.25, 0.3) is 0 Å².